The molecule has 0 heterocycles. The molecule has 1 aromatic rings. The lowest BCUT2D eigenvalue weighted by Crippen LogP contribution is -2.39. The molecule has 0 saturated heterocycles. The van der Waals surface area contributed by atoms with Gasteiger partial charge in [0.2, 0.25) is 0 Å². The van der Waals surface area contributed by atoms with Gasteiger partial charge in [-0.1, -0.05) is 31.7 Å². The van der Waals surface area contributed by atoms with Gasteiger partial charge in [-0.2, -0.15) is 0 Å². The maximum absolute atomic E-state index is 12.4. The molecule has 0 radical (unpaired) electrons. The maximum Gasteiger partial charge on any atom is 0.260 e. The highest BCUT2D eigenvalue weighted by Gasteiger charge is 2.21. The minimum Gasteiger partial charge on any atom is -0.493 e. The number of carbonyl (C=O) groups excluding carboxylic acids is 1. The molecular weight excluding hydrogens is 278 g/mol. The first-order valence-corrected chi connectivity index (χ1v) is 8.15. The van der Waals surface area contributed by atoms with Crippen LogP contribution in [0.15, 0.2) is 18.2 Å². The third kappa shape index (κ3) is 4.39. The maximum atomic E-state index is 12.4. The summed E-state index contributed by atoms with van der Waals surface area (Å²) in [6.07, 6.45) is 7.22. The molecule has 22 heavy (non-hydrogen) atoms. The first-order chi connectivity index (χ1) is 10.6. The lowest BCUT2D eigenvalue weighted by Gasteiger charge is -2.27. The highest BCUT2D eigenvalue weighted by molar-refractivity contribution is 5.78. The van der Waals surface area contributed by atoms with Gasteiger partial charge >= 0.3 is 0 Å². The van der Waals surface area contributed by atoms with E-state index in [0.717, 1.165) is 18.4 Å². The molecule has 1 fully saturated rings. The van der Waals surface area contributed by atoms with E-state index in [2.05, 4.69) is 0 Å². The fraction of sp³-hybridized carbons (Fsp3) is 0.611. The molecule has 4 heteroatoms. The number of ether oxygens (including phenoxy) is 2. The number of likely N-dealkylation sites (N-methyl/N-ethyl adjacent to an activating group) is 1. The lowest BCUT2D eigenvalue weighted by molar-refractivity contribution is -0.134. The van der Waals surface area contributed by atoms with Crippen molar-refractivity contribution in [3.63, 3.8) is 0 Å². The van der Waals surface area contributed by atoms with Gasteiger partial charge in [0.05, 0.1) is 7.11 Å². The van der Waals surface area contributed by atoms with Crippen molar-refractivity contribution in [1.29, 1.82) is 0 Å². The van der Waals surface area contributed by atoms with Gasteiger partial charge in [0, 0.05) is 13.1 Å². The molecule has 0 aliphatic heterocycles. The Bertz CT molecular complexity index is 493. The van der Waals surface area contributed by atoms with E-state index in [4.69, 9.17) is 9.47 Å². The van der Waals surface area contributed by atoms with E-state index in [1.807, 2.05) is 37.1 Å². The smallest absolute Gasteiger partial charge is 0.260 e. The highest BCUT2D eigenvalue weighted by atomic mass is 16.5. The van der Waals surface area contributed by atoms with Crippen LogP contribution in [0.2, 0.25) is 0 Å². The minimum atomic E-state index is 0.0366. The van der Waals surface area contributed by atoms with E-state index >= 15 is 0 Å². The standard InChI is InChI=1S/C18H27NO3/c1-14-10-11-16(17(12-14)21-3)22-13-18(20)19(2)15-8-6-4-5-7-9-15/h10-12,15H,4-9,13H2,1-3H3. The molecular formula is C18H27NO3. The molecule has 0 unspecified atom stereocenters. The molecule has 2 rings (SSSR count). The number of benzene rings is 1. The van der Waals surface area contributed by atoms with Crippen LogP contribution in [0.5, 0.6) is 11.5 Å². The fourth-order valence-corrected chi connectivity index (χ4v) is 2.98. The normalized spacial score (nSPS) is 16.0. The Morgan fingerprint density at radius 2 is 1.86 bits per heavy atom. The van der Waals surface area contributed by atoms with E-state index in [1.54, 1.807) is 7.11 Å². The molecule has 0 bridgehead atoms. The number of nitrogens with zero attached hydrogens (tertiary/aromatic N) is 1. The van der Waals surface area contributed by atoms with Crippen LogP contribution in [0.1, 0.15) is 44.1 Å². The summed E-state index contributed by atoms with van der Waals surface area (Å²) < 4.78 is 11.0. The number of hydrogen-bond acceptors (Lipinski definition) is 3. The molecule has 1 aliphatic carbocycles. The summed E-state index contributed by atoms with van der Waals surface area (Å²) in [5.41, 5.74) is 1.10. The Kier molecular flexibility index (Phi) is 6.10. The van der Waals surface area contributed by atoms with Crippen LogP contribution in [0.3, 0.4) is 0 Å². The van der Waals surface area contributed by atoms with Crippen molar-refractivity contribution in [2.75, 3.05) is 20.8 Å². The Hall–Kier alpha value is -1.71. The third-order valence-electron chi connectivity index (χ3n) is 4.44. The Balaban J connectivity index is 1.91. The monoisotopic (exact) mass is 305 g/mol. The van der Waals surface area contributed by atoms with Gasteiger partial charge in [-0.25, -0.2) is 0 Å². The number of methoxy groups -OCH3 is 1. The predicted molar refractivity (Wildman–Crippen MR) is 87.5 cm³/mol. The predicted octanol–water partition coefficient (Wildman–Crippen LogP) is 3.56. The first kappa shape index (κ1) is 16.7. The van der Waals surface area contributed by atoms with Gasteiger partial charge in [0.1, 0.15) is 0 Å². The summed E-state index contributed by atoms with van der Waals surface area (Å²) in [6, 6.07) is 6.08. The number of aryl methyl sites for hydroxylation is 1. The topological polar surface area (TPSA) is 38.8 Å². The van der Waals surface area contributed by atoms with Crippen molar-refractivity contribution < 1.29 is 14.3 Å². The van der Waals surface area contributed by atoms with Crippen LogP contribution in [0, 0.1) is 6.92 Å². The SMILES string of the molecule is COc1cc(C)ccc1OCC(=O)N(C)C1CCCCCC1. The van der Waals surface area contributed by atoms with Gasteiger partial charge < -0.3 is 14.4 Å². The molecule has 1 saturated carbocycles. The van der Waals surface area contributed by atoms with Gasteiger partial charge in [-0.15, -0.1) is 0 Å². The van der Waals surface area contributed by atoms with Crippen LogP contribution in [-0.4, -0.2) is 37.6 Å². The second-order valence-electron chi connectivity index (χ2n) is 6.09. The summed E-state index contributed by atoms with van der Waals surface area (Å²) in [4.78, 5) is 14.2. The molecule has 122 valence electrons. The van der Waals surface area contributed by atoms with E-state index in [0.29, 0.717) is 17.5 Å². The minimum absolute atomic E-state index is 0.0366. The van der Waals surface area contributed by atoms with E-state index < -0.39 is 0 Å². The highest BCUT2D eigenvalue weighted by Crippen LogP contribution is 2.28. The molecule has 0 atom stereocenters. The summed E-state index contributed by atoms with van der Waals surface area (Å²) >= 11 is 0. The Morgan fingerprint density at radius 1 is 1.18 bits per heavy atom. The van der Waals surface area contributed by atoms with Crippen molar-refractivity contribution in [3.8, 4) is 11.5 Å². The lowest BCUT2D eigenvalue weighted by atomic mass is 10.1. The average Bonchev–Trinajstić information content (AvgIpc) is 2.81. The number of hydrogen-bond donors (Lipinski definition) is 0. The van der Waals surface area contributed by atoms with E-state index in [-0.39, 0.29) is 12.5 Å². The van der Waals surface area contributed by atoms with Crippen LogP contribution in [0.4, 0.5) is 0 Å². The zero-order valence-corrected chi connectivity index (χ0v) is 13.9. The molecule has 1 amide bonds. The summed E-state index contributed by atoms with van der Waals surface area (Å²) in [6.45, 7) is 2.06. The molecule has 1 aromatic carbocycles. The van der Waals surface area contributed by atoms with Crippen molar-refractivity contribution >= 4 is 5.91 Å². The van der Waals surface area contributed by atoms with Gasteiger partial charge in [0.15, 0.2) is 18.1 Å². The van der Waals surface area contributed by atoms with Gasteiger partial charge in [-0.3, -0.25) is 4.79 Å². The number of rotatable bonds is 5. The van der Waals surface area contributed by atoms with Crippen molar-refractivity contribution in [2.45, 2.75) is 51.5 Å². The van der Waals surface area contributed by atoms with Gasteiger partial charge in [-0.05, 0) is 37.5 Å². The molecule has 1 aliphatic rings. The van der Waals surface area contributed by atoms with E-state index in [9.17, 15) is 4.79 Å². The largest absolute Gasteiger partial charge is 0.493 e. The Labute approximate surface area is 133 Å². The molecule has 0 N–H and O–H groups in total. The zero-order valence-electron chi connectivity index (χ0n) is 13.9. The Morgan fingerprint density at radius 3 is 2.50 bits per heavy atom. The summed E-state index contributed by atoms with van der Waals surface area (Å²) in [5.74, 6) is 1.33. The molecule has 0 spiro atoms. The second kappa shape index (κ2) is 8.06. The molecule has 4 nitrogen and oxygen atoms in total. The molecule has 0 aromatic heterocycles. The zero-order chi connectivity index (χ0) is 15.9. The number of carbonyl (C=O) groups is 1. The van der Waals surface area contributed by atoms with Crippen LogP contribution in [0.25, 0.3) is 0 Å². The summed E-state index contributed by atoms with van der Waals surface area (Å²) in [7, 11) is 3.51. The quantitative estimate of drug-likeness (QED) is 0.781. The third-order valence-corrected chi connectivity index (χ3v) is 4.44. The second-order valence-corrected chi connectivity index (χ2v) is 6.09. The fourth-order valence-electron chi connectivity index (χ4n) is 2.98. The van der Waals surface area contributed by atoms with E-state index in [1.165, 1.54) is 25.7 Å². The average molecular weight is 305 g/mol. The van der Waals surface area contributed by atoms with Crippen molar-refractivity contribution in [2.24, 2.45) is 0 Å². The van der Waals surface area contributed by atoms with Crippen molar-refractivity contribution in [3.05, 3.63) is 23.8 Å². The van der Waals surface area contributed by atoms with Crippen molar-refractivity contribution in [1.82, 2.24) is 4.90 Å². The van der Waals surface area contributed by atoms with Crippen LogP contribution >= 0.6 is 0 Å². The first-order valence-electron chi connectivity index (χ1n) is 8.15. The summed E-state index contributed by atoms with van der Waals surface area (Å²) in [5, 5.41) is 0. The van der Waals surface area contributed by atoms with Crippen LogP contribution < -0.4 is 9.47 Å². The van der Waals surface area contributed by atoms with Crippen LogP contribution in [-0.2, 0) is 4.79 Å². The number of amides is 1. The van der Waals surface area contributed by atoms with Gasteiger partial charge in [0.25, 0.3) is 5.91 Å².